The van der Waals surface area contributed by atoms with Crippen LogP contribution in [-0.4, -0.2) is 36.7 Å². The second kappa shape index (κ2) is 10.5. The summed E-state index contributed by atoms with van der Waals surface area (Å²) < 4.78 is 46.2. The number of alkyl halides is 2. The molecule has 6 nitrogen and oxygen atoms in total. The molecule has 0 spiro atoms. The molecule has 0 radical (unpaired) electrons. The van der Waals surface area contributed by atoms with Crippen molar-refractivity contribution < 1.29 is 22.7 Å². The minimum absolute atomic E-state index is 0.00818. The summed E-state index contributed by atoms with van der Waals surface area (Å²) in [4.78, 5) is 25.2. The van der Waals surface area contributed by atoms with Crippen LogP contribution in [0.2, 0.25) is 0 Å². The van der Waals surface area contributed by atoms with Crippen molar-refractivity contribution in [3.8, 4) is 0 Å². The van der Waals surface area contributed by atoms with E-state index in [1.807, 2.05) is 0 Å². The normalized spacial score (nSPS) is 15.7. The number of carbonyl (C=O) groups excluding carboxylic acids is 1. The summed E-state index contributed by atoms with van der Waals surface area (Å²) in [5.41, 5.74) is -0.0723. The second-order valence-electron chi connectivity index (χ2n) is 6.52. The molecule has 0 bridgehead atoms. The van der Waals surface area contributed by atoms with Crippen LogP contribution in [0, 0.1) is 5.82 Å². The van der Waals surface area contributed by atoms with Crippen molar-refractivity contribution in [2.24, 2.45) is 0 Å². The first kappa shape index (κ1) is 24.9. The molecule has 0 aromatic heterocycles. The molecule has 0 aliphatic carbocycles. The van der Waals surface area contributed by atoms with E-state index in [1.54, 1.807) is 12.1 Å². The van der Waals surface area contributed by atoms with Crippen molar-refractivity contribution in [3.63, 3.8) is 0 Å². The average molecular weight is 660 g/mol. The first-order valence-corrected chi connectivity index (χ1v) is 11.6. The van der Waals surface area contributed by atoms with E-state index in [9.17, 15) is 22.8 Å². The quantitative estimate of drug-likeness (QED) is 0.387. The monoisotopic (exact) mass is 657 g/mol. The van der Waals surface area contributed by atoms with Gasteiger partial charge in [0.25, 0.3) is 6.43 Å². The lowest BCUT2D eigenvalue weighted by Gasteiger charge is -2.15. The number of rotatable bonds is 6. The first-order valence-electron chi connectivity index (χ1n) is 8.86. The fourth-order valence-corrected chi connectivity index (χ4v) is 4.93. The molecule has 2 aromatic rings. The molecule has 0 saturated carbocycles. The Labute approximate surface area is 210 Å². The summed E-state index contributed by atoms with van der Waals surface area (Å²) in [6.07, 6.45) is -4.29. The van der Waals surface area contributed by atoms with E-state index in [0.717, 1.165) is 6.07 Å². The lowest BCUT2D eigenvalue weighted by atomic mass is 10.2. The lowest BCUT2D eigenvalue weighted by Crippen LogP contribution is -2.36. The molecule has 170 valence electrons. The third-order valence-electron chi connectivity index (χ3n) is 4.31. The number of thiocarbonyl (C=S) groups is 1. The van der Waals surface area contributed by atoms with Gasteiger partial charge >= 0.3 is 6.09 Å². The first-order chi connectivity index (χ1) is 15.1. The molecule has 0 unspecified atom stereocenters. The Morgan fingerprint density at radius 2 is 1.88 bits per heavy atom. The molecule has 3 rings (SSSR count). The third-order valence-corrected chi connectivity index (χ3v) is 6.31. The number of cyclic esters (lactones) is 1. The zero-order chi connectivity index (χ0) is 23.6. The van der Waals surface area contributed by atoms with E-state index < -0.39 is 34.9 Å². The highest BCUT2D eigenvalue weighted by atomic mass is 79.9. The van der Waals surface area contributed by atoms with E-state index >= 15 is 0 Å². The summed E-state index contributed by atoms with van der Waals surface area (Å²) in [6.45, 7) is -0.0705. The molecular formula is C19H13Br3F3N3O3S. The summed E-state index contributed by atoms with van der Waals surface area (Å²) in [7, 11) is 0. The van der Waals surface area contributed by atoms with Crippen LogP contribution in [0.1, 0.15) is 0 Å². The fraction of sp³-hybridized carbons (Fsp3) is 0.211. The van der Waals surface area contributed by atoms with Crippen LogP contribution in [0.5, 0.6) is 0 Å². The Kier molecular flexibility index (Phi) is 8.17. The highest BCUT2D eigenvalue weighted by molar-refractivity contribution is 9.11. The van der Waals surface area contributed by atoms with Gasteiger partial charge < -0.3 is 15.4 Å². The molecule has 13 heteroatoms. The van der Waals surface area contributed by atoms with E-state index in [4.69, 9.17) is 4.74 Å². The molecule has 1 atom stereocenters. The minimum atomic E-state index is -2.81. The Bertz CT molecular complexity index is 1140. The standard InChI is InChI=1S/C19H13Br3F3N3O3S/c20-8-3-11(21)15(16(29)12(22)4-8)27-14-2-1-9(5-13(14)23)28-7-10(31-19(28)30)6-26-18(32)17(24)25/h1-5,10,17H,6-7H2,(H,26,32)(H,27,29)/t10-/m0/s1. The summed E-state index contributed by atoms with van der Waals surface area (Å²) in [5.74, 6) is -0.719. The lowest BCUT2D eigenvalue weighted by molar-refractivity contribution is 0.142. The smallest absolute Gasteiger partial charge is 0.414 e. The highest BCUT2D eigenvalue weighted by Gasteiger charge is 2.33. The Hall–Kier alpha value is -1.70. The van der Waals surface area contributed by atoms with Gasteiger partial charge in [-0.05, 0) is 62.2 Å². The van der Waals surface area contributed by atoms with Crippen LogP contribution < -0.4 is 21.0 Å². The molecule has 32 heavy (non-hydrogen) atoms. The molecule has 1 heterocycles. The van der Waals surface area contributed by atoms with Crippen LogP contribution in [0.4, 0.5) is 35.0 Å². The maximum absolute atomic E-state index is 14.8. The molecule has 1 saturated heterocycles. The van der Waals surface area contributed by atoms with E-state index in [1.165, 1.54) is 17.0 Å². The summed E-state index contributed by atoms with van der Waals surface area (Å²) in [6, 6.07) is 7.15. The Morgan fingerprint density at radius 3 is 2.53 bits per heavy atom. The SMILES string of the molecule is O=C1O[C@@H](CNC(=S)C(F)F)CN1c1ccc(Nc2c(Br)cc(Br)cc(Br)c2=O)c(F)c1. The van der Waals surface area contributed by atoms with Gasteiger partial charge in [-0.2, -0.15) is 0 Å². The van der Waals surface area contributed by atoms with Crippen molar-refractivity contribution in [3.05, 3.63) is 59.8 Å². The average Bonchev–Trinajstić information content (AvgIpc) is 3.06. The van der Waals surface area contributed by atoms with Gasteiger partial charge in [0.2, 0.25) is 5.43 Å². The number of benzene rings is 1. The maximum atomic E-state index is 14.8. The van der Waals surface area contributed by atoms with Crippen LogP contribution >= 0.6 is 60.0 Å². The van der Waals surface area contributed by atoms with Gasteiger partial charge in [0.05, 0.1) is 28.9 Å². The van der Waals surface area contributed by atoms with Crippen molar-refractivity contribution >= 4 is 88.2 Å². The number of nitrogens with one attached hydrogen (secondary N) is 2. The van der Waals surface area contributed by atoms with Gasteiger partial charge in [0.1, 0.15) is 22.6 Å². The Morgan fingerprint density at radius 1 is 1.19 bits per heavy atom. The van der Waals surface area contributed by atoms with Crippen molar-refractivity contribution in [2.75, 3.05) is 23.3 Å². The minimum Gasteiger partial charge on any atom is -0.442 e. The predicted octanol–water partition coefficient (Wildman–Crippen LogP) is 5.72. The van der Waals surface area contributed by atoms with Crippen molar-refractivity contribution in [1.82, 2.24) is 5.32 Å². The summed E-state index contributed by atoms with van der Waals surface area (Å²) >= 11 is 14.3. The van der Waals surface area contributed by atoms with E-state index in [-0.39, 0.29) is 34.6 Å². The molecule has 1 amide bonds. The zero-order valence-electron chi connectivity index (χ0n) is 15.8. The Balaban J connectivity index is 1.77. The van der Waals surface area contributed by atoms with Gasteiger partial charge in [-0.15, -0.1) is 0 Å². The number of halogens is 6. The van der Waals surface area contributed by atoms with Crippen LogP contribution in [0.15, 0.2) is 48.5 Å². The van der Waals surface area contributed by atoms with Gasteiger partial charge in [0, 0.05) is 8.95 Å². The maximum Gasteiger partial charge on any atom is 0.414 e. The van der Waals surface area contributed by atoms with Crippen molar-refractivity contribution in [1.29, 1.82) is 0 Å². The van der Waals surface area contributed by atoms with E-state index in [0.29, 0.717) is 8.95 Å². The second-order valence-corrected chi connectivity index (χ2v) is 9.59. The fourth-order valence-electron chi connectivity index (χ4n) is 2.80. The number of hydrogen-bond acceptors (Lipinski definition) is 5. The molecule has 1 aliphatic rings. The van der Waals surface area contributed by atoms with Gasteiger partial charge in [-0.3, -0.25) is 9.69 Å². The third kappa shape index (κ3) is 5.80. The molecular weight excluding hydrogens is 647 g/mol. The number of ether oxygens (including phenoxy) is 1. The number of carbonyl (C=O) groups is 1. The van der Waals surface area contributed by atoms with Gasteiger partial charge in [0.15, 0.2) is 0 Å². The van der Waals surface area contributed by atoms with Gasteiger partial charge in [-0.25, -0.2) is 18.0 Å². The number of anilines is 3. The van der Waals surface area contributed by atoms with Gasteiger partial charge in [-0.1, -0.05) is 28.1 Å². The molecule has 1 aliphatic heterocycles. The topological polar surface area (TPSA) is 70.7 Å². The molecule has 2 aromatic carbocycles. The largest absolute Gasteiger partial charge is 0.442 e. The van der Waals surface area contributed by atoms with Crippen LogP contribution in [0.25, 0.3) is 0 Å². The van der Waals surface area contributed by atoms with Crippen LogP contribution in [0.3, 0.4) is 0 Å². The van der Waals surface area contributed by atoms with Crippen molar-refractivity contribution in [2.45, 2.75) is 12.5 Å². The predicted molar refractivity (Wildman–Crippen MR) is 130 cm³/mol. The van der Waals surface area contributed by atoms with Crippen LogP contribution in [-0.2, 0) is 4.74 Å². The van der Waals surface area contributed by atoms with E-state index in [2.05, 4.69) is 70.6 Å². The zero-order valence-corrected chi connectivity index (χ0v) is 21.4. The summed E-state index contributed by atoms with van der Waals surface area (Å²) in [5, 5.41) is 5.10. The molecule has 1 fully saturated rings. The number of hydrogen-bond donors (Lipinski definition) is 2. The highest BCUT2D eigenvalue weighted by Crippen LogP contribution is 2.30. The molecule has 2 N–H and O–H groups in total. The number of nitrogens with zero attached hydrogens (tertiary/aromatic N) is 1. The number of amides is 1.